The second-order valence-electron chi connectivity index (χ2n) is 7.37. The fourth-order valence-electron chi connectivity index (χ4n) is 3.90. The predicted molar refractivity (Wildman–Crippen MR) is 105 cm³/mol. The van der Waals surface area contributed by atoms with Crippen molar-refractivity contribution >= 4 is 11.6 Å². The molecule has 3 rings (SSSR count). The summed E-state index contributed by atoms with van der Waals surface area (Å²) in [6.45, 7) is 7.74. The maximum Gasteiger partial charge on any atom is 0.193 e. The highest BCUT2D eigenvalue weighted by atomic mass is 16.5. The summed E-state index contributed by atoms with van der Waals surface area (Å²) in [6, 6.07) is 8.31. The molecular formula is C20H32N4O. The average Bonchev–Trinajstić information content (AvgIpc) is 3.12. The summed E-state index contributed by atoms with van der Waals surface area (Å²) in [5.74, 6) is 3.53. The van der Waals surface area contributed by atoms with Crippen molar-refractivity contribution in [2.24, 2.45) is 16.8 Å². The van der Waals surface area contributed by atoms with Crippen molar-refractivity contribution in [2.75, 3.05) is 51.8 Å². The number of para-hydroxylation sites is 2. The molecular weight excluding hydrogens is 312 g/mol. The summed E-state index contributed by atoms with van der Waals surface area (Å²) in [7, 11) is 3.65. The Balaban J connectivity index is 1.51. The van der Waals surface area contributed by atoms with Gasteiger partial charge < -0.3 is 19.9 Å². The molecule has 5 nitrogen and oxygen atoms in total. The van der Waals surface area contributed by atoms with Gasteiger partial charge in [0.2, 0.25) is 0 Å². The minimum Gasteiger partial charge on any atom is -0.495 e. The second kappa shape index (κ2) is 8.45. The van der Waals surface area contributed by atoms with Gasteiger partial charge >= 0.3 is 0 Å². The van der Waals surface area contributed by atoms with E-state index in [2.05, 4.69) is 39.2 Å². The highest BCUT2D eigenvalue weighted by Gasteiger charge is 2.25. The van der Waals surface area contributed by atoms with E-state index in [0.717, 1.165) is 50.4 Å². The summed E-state index contributed by atoms with van der Waals surface area (Å²) in [5, 5.41) is 3.61. The number of ether oxygens (including phenoxy) is 1. The van der Waals surface area contributed by atoms with Crippen LogP contribution in [-0.4, -0.2) is 57.7 Å². The maximum atomic E-state index is 5.51. The molecule has 2 fully saturated rings. The molecule has 1 unspecified atom stereocenters. The van der Waals surface area contributed by atoms with Crippen LogP contribution < -0.4 is 15.0 Å². The molecule has 0 aliphatic carbocycles. The van der Waals surface area contributed by atoms with E-state index in [4.69, 9.17) is 4.74 Å². The highest BCUT2D eigenvalue weighted by Crippen LogP contribution is 2.31. The first-order valence-corrected chi connectivity index (χ1v) is 9.54. The SMILES string of the molecule is CN=C(NCC1CCN(c2ccccc2OC)C1)N1CCC(C)CC1. The number of anilines is 1. The van der Waals surface area contributed by atoms with Crippen LogP contribution in [0.5, 0.6) is 5.75 Å². The minimum atomic E-state index is 0.644. The van der Waals surface area contributed by atoms with E-state index in [0.29, 0.717) is 5.92 Å². The number of nitrogens with one attached hydrogen (secondary N) is 1. The third-order valence-electron chi connectivity index (χ3n) is 5.56. The van der Waals surface area contributed by atoms with Crippen LogP contribution in [-0.2, 0) is 0 Å². The number of benzene rings is 1. The zero-order chi connectivity index (χ0) is 17.6. The van der Waals surface area contributed by atoms with Gasteiger partial charge in [-0.15, -0.1) is 0 Å². The molecule has 0 radical (unpaired) electrons. The molecule has 0 amide bonds. The van der Waals surface area contributed by atoms with Crippen molar-refractivity contribution in [3.8, 4) is 5.75 Å². The summed E-state index contributed by atoms with van der Waals surface area (Å²) in [4.78, 5) is 9.35. The van der Waals surface area contributed by atoms with Crippen molar-refractivity contribution in [3.05, 3.63) is 24.3 Å². The molecule has 2 heterocycles. The van der Waals surface area contributed by atoms with Crippen LogP contribution in [0.25, 0.3) is 0 Å². The summed E-state index contributed by atoms with van der Waals surface area (Å²) in [5.41, 5.74) is 1.21. The van der Waals surface area contributed by atoms with Gasteiger partial charge in [-0.1, -0.05) is 19.1 Å². The summed E-state index contributed by atoms with van der Waals surface area (Å²) in [6.07, 6.45) is 3.75. The van der Waals surface area contributed by atoms with Gasteiger partial charge in [-0.25, -0.2) is 0 Å². The quantitative estimate of drug-likeness (QED) is 0.673. The molecule has 1 atom stereocenters. The molecule has 138 valence electrons. The van der Waals surface area contributed by atoms with E-state index >= 15 is 0 Å². The molecule has 0 spiro atoms. The lowest BCUT2D eigenvalue weighted by atomic mass is 9.99. The van der Waals surface area contributed by atoms with E-state index in [9.17, 15) is 0 Å². The van der Waals surface area contributed by atoms with Crippen LogP contribution in [0, 0.1) is 11.8 Å². The standard InChI is InChI=1S/C20H32N4O/c1-16-8-11-23(12-9-16)20(21-2)22-14-17-10-13-24(15-17)18-6-4-5-7-19(18)25-3/h4-7,16-17H,8-15H2,1-3H3,(H,21,22). The number of likely N-dealkylation sites (tertiary alicyclic amines) is 1. The Morgan fingerprint density at radius 3 is 2.68 bits per heavy atom. The van der Waals surface area contributed by atoms with E-state index in [-0.39, 0.29) is 0 Å². The zero-order valence-corrected chi connectivity index (χ0v) is 15.9. The van der Waals surface area contributed by atoms with Gasteiger partial charge in [0.1, 0.15) is 5.75 Å². The monoisotopic (exact) mass is 344 g/mol. The number of guanidine groups is 1. The van der Waals surface area contributed by atoms with Gasteiger partial charge in [0.25, 0.3) is 0 Å². The molecule has 25 heavy (non-hydrogen) atoms. The van der Waals surface area contributed by atoms with Crippen LogP contribution in [0.3, 0.4) is 0 Å². The molecule has 2 saturated heterocycles. The lowest BCUT2D eigenvalue weighted by Gasteiger charge is -2.33. The van der Waals surface area contributed by atoms with Gasteiger partial charge in [-0.05, 0) is 43.2 Å². The van der Waals surface area contributed by atoms with E-state index < -0.39 is 0 Å². The van der Waals surface area contributed by atoms with Crippen molar-refractivity contribution in [1.29, 1.82) is 0 Å². The largest absolute Gasteiger partial charge is 0.495 e. The van der Waals surface area contributed by atoms with Gasteiger partial charge in [0.15, 0.2) is 5.96 Å². The third-order valence-corrected chi connectivity index (χ3v) is 5.56. The van der Waals surface area contributed by atoms with Gasteiger partial charge in [-0.2, -0.15) is 0 Å². The number of piperidine rings is 1. The summed E-state index contributed by atoms with van der Waals surface area (Å²) >= 11 is 0. The molecule has 2 aliphatic rings. The normalized spacial score (nSPS) is 22.4. The molecule has 0 saturated carbocycles. The maximum absolute atomic E-state index is 5.51. The number of hydrogen-bond donors (Lipinski definition) is 1. The van der Waals surface area contributed by atoms with Gasteiger partial charge in [-0.3, -0.25) is 4.99 Å². The lowest BCUT2D eigenvalue weighted by molar-refractivity contribution is 0.272. The van der Waals surface area contributed by atoms with Crippen LogP contribution in [0.15, 0.2) is 29.3 Å². The Bertz CT molecular complexity index is 581. The Hall–Kier alpha value is -1.91. The third kappa shape index (κ3) is 4.39. The molecule has 5 heteroatoms. The van der Waals surface area contributed by atoms with Crippen molar-refractivity contribution in [1.82, 2.24) is 10.2 Å². The number of aliphatic imine (C=N–C) groups is 1. The number of methoxy groups -OCH3 is 1. The van der Waals surface area contributed by atoms with E-state index in [1.54, 1.807) is 7.11 Å². The van der Waals surface area contributed by atoms with Crippen LogP contribution in [0.4, 0.5) is 5.69 Å². The lowest BCUT2D eigenvalue weighted by Crippen LogP contribution is -2.46. The highest BCUT2D eigenvalue weighted by molar-refractivity contribution is 5.80. The zero-order valence-electron chi connectivity index (χ0n) is 15.9. The van der Waals surface area contributed by atoms with Crippen LogP contribution in [0.1, 0.15) is 26.2 Å². The topological polar surface area (TPSA) is 40.1 Å². The molecule has 0 bridgehead atoms. The van der Waals surface area contributed by atoms with E-state index in [1.807, 2.05) is 19.2 Å². The summed E-state index contributed by atoms with van der Waals surface area (Å²) < 4.78 is 5.51. The molecule has 2 aliphatic heterocycles. The van der Waals surface area contributed by atoms with Crippen molar-refractivity contribution < 1.29 is 4.74 Å². The predicted octanol–water partition coefficient (Wildman–Crippen LogP) is 2.83. The number of rotatable bonds is 4. The molecule has 1 aromatic carbocycles. The Morgan fingerprint density at radius 2 is 1.96 bits per heavy atom. The molecule has 1 N–H and O–H groups in total. The fraction of sp³-hybridized carbons (Fsp3) is 0.650. The first-order chi connectivity index (χ1) is 12.2. The number of hydrogen-bond acceptors (Lipinski definition) is 3. The first kappa shape index (κ1) is 17.9. The van der Waals surface area contributed by atoms with Crippen LogP contribution in [0.2, 0.25) is 0 Å². The average molecular weight is 345 g/mol. The second-order valence-corrected chi connectivity index (χ2v) is 7.37. The number of nitrogens with zero attached hydrogens (tertiary/aromatic N) is 3. The van der Waals surface area contributed by atoms with Crippen molar-refractivity contribution in [3.63, 3.8) is 0 Å². The molecule has 1 aromatic rings. The van der Waals surface area contributed by atoms with Crippen LogP contribution >= 0.6 is 0 Å². The first-order valence-electron chi connectivity index (χ1n) is 9.54. The van der Waals surface area contributed by atoms with Crippen molar-refractivity contribution in [2.45, 2.75) is 26.2 Å². The Morgan fingerprint density at radius 1 is 1.20 bits per heavy atom. The Kier molecular flexibility index (Phi) is 6.05. The fourth-order valence-corrected chi connectivity index (χ4v) is 3.90. The van der Waals surface area contributed by atoms with E-state index in [1.165, 1.54) is 24.9 Å². The minimum absolute atomic E-state index is 0.644. The molecule has 0 aromatic heterocycles. The van der Waals surface area contributed by atoms with Gasteiger partial charge in [0.05, 0.1) is 12.8 Å². The van der Waals surface area contributed by atoms with Gasteiger partial charge in [0, 0.05) is 39.8 Å². The smallest absolute Gasteiger partial charge is 0.193 e. The Labute approximate surface area is 152 Å².